The van der Waals surface area contributed by atoms with E-state index < -0.39 is 28.5 Å². The first-order chi connectivity index (χ1) is 16.8. The maximum atomic E-state index is 13.5. The molecule has 0 aliphatic carbocycles. The van der Waals surface area contributed by atoms with Crippen LogP contribution in [0.4, 0.5) is 5.69 Å². The van der Waals surface area contributed by atoms with Gasteiger partial charge >= 0.3 is 0 Å². The number of carbonyl (C=O) groups is 1. The van der Waals surface area contributed by atoms with Gasteiger partial charge in [-0.2, -0.15) is 0 Å². The van der Waals surface area contributed by atoms with E-state index in [1.165, 1.54) is 12.1 Å². The van der Waals surface area contributed by atoms with Gasteiger partial charge in [0, 0.05) is 5.02 Å². The average Bonchev–Trinajstić information content (AvgIpc) is 2.88. The molecule has 4 aromatic carbocycles. The number of nitrogens with one attached hydrogen (secondary N) is 1. The lowest BCUT2D eigenvalue weighted by molar-refractivity contribution is -0.120. The normalized spacial score (nSPS) is 12.1. The van der Waals surface area contributed by atoms with E-state index in [0.717, 1.165) is 21.0 Å². The van der Waals surface area contributed by atoms with Crippen molar-refractivity contribution in [3.8, 4) is 0 Å². The van der Waals surface area contributed by atoms with E-state index in [0.29, 0.717) is 10.7 Å². The third-order valence-corrected chi connectivity index (χ3v) is 7.62. The molecule has 0 fully saturated rings. The van der Waals surface area contributed by atoms with E-state index >= 15 is 0 Å². The van der Waals surface area contributed by atoms with Crippen molar-refractivity contribution in [2.24, 2.45) is 0 Å². The van der Waals surface area contributed by atoms with E-state index in [9.17, 15) is 13.2 Å². The maximum absolute atomic E-state index is 13.5. The van der Waals surface area contributed by atoms with Gasteiger partial charge in [0.05, 0.1) is 16.6 Å². The van der Waals surface area contributed by atoms with Gasteiger partial charge < -0.3 is 5.32 Å². The predicted molar refractivity (Wildman–Crippen MR) is 140 cm³/mol. The van der Waals surface area contributed by atoms with Gasteiger partial charge in [-0.1, -0.05) is 90.0 Å². The van der Waals surface area contributed by atoms with E-state index in [1.54, 1.807) is 42.5 Å². The van der Waals surface area contributed by atoms with Crippen molar-refractivity contribution >= 4 is 33.2 Å². The fourth-order valence-corrected chi connectivity index (χ4v) is 5.31. The average molecular weight is 505 g/mol. The molecule has 7 heteroatoms. The van der Waals surface area contributed by atoms with Crippen molar-refractivity contribution in [2.45, 2.75) is 17.9 Å². The minimum absolute atomic E-state index is 0.0980. The maximum Gasteiger partial charge on any atom is 0.264 e. The van der Waals surface area contributed by atoms with Gasteiger partial charge in [0.25, 0.3) is 10.0 Å². The van der Waals surface area contributed by atoms with Crippen LogP contribution >= 0.6 is 11.6 Å². The summed E-state index contributed by atoms with van der Waals surface area (Å²) < 4.78 is 28.2. The van der Waals surface area contributed by atoms with Gasteiger partial charge in [-0.15, -0.1) is 0 Å². The molecule has 1 amide bonds. The molecular formula is C28H25ClN2O3S. The molecule has 0 unspecified atom stereocenters. The summed E-state index contributed by atoms with van der Waals surface area (Å²) in [6.07, 6.45) is 0. The number of amides is 1. The number of sulfonamides is 1. The molecule has 0 saturated heterocycles. The Hall–Kier alpha value is -3.61. The standard InChI is InChI=1S/C28H25ClN2O3S/c1-21-12-14-23(15-13-21)28(22-8-4-2-5-9-22)30-27(32)20-31(25-18-16-24(29)17-19-25)35(33,34)26-10-6-3-7-11-26/h2-19,28H,20H2,1H3,(H,30,32)/t28-/m0/s1. The van der Waals surface area contributed by atoms with Crippen molar-refractivity contribution in [2.75, 3.05) is 10.8 Å². The second-order valence-corrected chi connectivity index (χ2v) is 10.4. The first-order valence-electron chi connectivity index (χ1n) is 11.1. The highest BCUT2D eigenvalue weighted by Crippen LogP contribution is 2.26. The lowest BCUT2D eigenvalue weighted by Gasteiger charge is -2.26. The second-order valence-electron chi connectivity index (χ2n) is 8.12. The number of nitrogens with zero attached hydrogens (tertiary/aromatic N) is 1. The van der Waals surface area contributed by atoms with Crippen LogP contribution in [0.5, 0.6) is 0 Å². The Balaban J connectivity index is 1.67. The van der Waals surface area contributed by atoms with E-state index in [-0.39, 0.29) is 4.90 Å². The van der Waals surface area contributed by atoms with Crippen molar-refractivity contribution in [1.82, 2.24) is 5.32 Å². The monoisotopic (exact) mass is 504 g/mol. The predicted octanol–water partition coefficient (Wildman–Crippen LogP) is 5.75. The number of hydrogen-bond donors (Lipinski definition) is 1. The van der Waals surface area contributed by atoms with Crippen LogP contribution in [0.15, 0.2) is 114 Å². The zero-order chi connectivity index (χ0) is 24.8. The number of halogens is 1. The topological polar surface area (TPSA) is 66.5 Å². The van der Waals surface area contributed by atoms with Gasteiger partial charge in [0.15, 0.2) is 0 Å². The van der Waals surface area contributed by atoms with Crippen molar-refractivity contribution in [1.29, 1.82) is 0 Å². The number of hydrogen-bond acceptors (Lipinski definition) is 3. The summed E-state index contributed by atoms with van der Waals surface area (Å²) in [6.45, 7) is 1.60. The first-order valence-corrected chi connectivity index (χ1v) is 12.9. The first kappa shape index (κ1) is 24.5. The van der Waals surface area contributed by atoms with E-state index in [2.05, 4.69) is 5.32 Å². The van der Waals surface area contributed by atoms with Crippen LogP contribution in [0.25, 0.3) is 0 Å². The van der Waals surface area contributed by atoms with Crippen LogP contribution in [0.3, 0.4) is 0 Å². The van der Waals surface area contributed by atoms with Crippen LogP contribution in [0.2, 0.25) is 5.02 Å². The van der Waals surface area contributed by atoms with Crippen molar-refractivity contribution in [3.05, 3.63) is 131 Å². The van der Waals surface area contributed by atoms with Crippen molar-refractivity contribution < 1.29 is 13.2 Å². The van der Waals surface area contributed by atoms with Crippen LogP contribution in [-0.2, 0) is 14.8 Å². The molecule has 0 radical (unpaired) electrons. The molecule has 0 saturated carbocycles. The van der Waals surface area contributed by atoms with E-state index in [4.69, 9.17) is 11.6 Å². The molecule has 1 atom stereocenters. The zero-order valence-corrected chi connectivity index (χ0v) is 20.7. The molecule has 0 heterocycles. The molecule has 4 rings (SSSR count). The highest BCUT2D eigenvalue weighted by Gasteiger charge is 2.28. The Bertz CT molecular complexity index is 1380. The SMILES string of the molecule is Cc1ccc([C@@H](NC(=O)CN(c2ccc(Cl)cc2)S(=O)(=O)c2ccccc2)c2ccccc2)cc1. The molecule has 0 spiro atoms. The Morgan fingerprint density at radius 1 is 0.800 bits per heavy atom. The lowest BCUT2D eigenvalue weighted by Crippen LogP contribution is -2.42. The summed E-state index contributed by atoms with van der Waals surface area (Å²) in [7, 11) is -4.00. The molecular weight excluding hydrogens is 480 g/mol. The minimum atomic E-state index is -4.00. The molecule has 1 N–H and O–H groups in total. The highest BCUT2D eigenvalue weighted by atomic mass is 35.5. The van der Waals surface area contributed by atoms with Gasteiger partial charge in [-0.25, -0.2) is 8.42 Å². The fraction of sp³-hybridized carbons (Fsp3) is 0.107. The second kappa shape index (κ2) is 10.8. The number of carbonyl (C=O) groups excluding carboxylic acids is 1. The third-order valence-electron chi connectivity index (χ3n) is 5.58. The third kappa shape index (κ3) is 5.91. The lowest BCUT2D eigenvalue weighted by atomic mass is 9.98. The van der Waals surface area contributed by atoms with Gasteiger partial charge in [0.1, 0.15) is 6.54 Å². The summed E-state index contributed by atoms with van der Waals surface area (Å²) in [6, 6.07) is 31.5. The van der Waals surface area contributed by atoms with Gasteiger partial charge in [-0.3, -0.25) is 9.10 Å². The molecule has 178 valence electrons. The summed E-state index contributed by atoms with van der Waals surface area (Å²) in [5.74, 6) is -0.436. The molecule has 5 nitrogen and oxygen atoms in total. The summed E-state index contributed by atoms with van der Waals surface area (Å²) in [5, 5.41) is 3.50. The molecule has 35 heavy (non-hydrogen) atoms. The van der Waals surface area contributed by atoms with Gasteiger partial charge in [-0.05, 0) is 54.4 Å². The van der Waals surface area contributed by atoms with E-state index in [1.807, 2.05) is 61.5 Å². The summed E-state index contributed by atoms with van der Waals surface area (Å²) >= 11 is 6.02. The Morgan fingerprint density at radius 3 is 1.94 bits per heavy atom. The smallest absolute Gasteiger partial charge is 0.264 e. The zero-order valence-electron chi connectivity index (χ0n) is 19.1. The Morgan fingerprint density at radius 2 is 1.34 bits per heavy atom. The van der Waals surface area contributed by atoms with Crippen LogP contribution in [0.1, 0.15) is 22.7 Å². The number of benzene rings is 4. The summed E-state index contributed by atoms with van der Waals surface area (Å²) in [5.41, 5.74) is 3.25. The molecule has 4 aromatic rings. The van der Waals surface area contributed by atoms with Crippen LogP contribution in [0, 0.1) is 6.92 Å². The van der Waals surface area contributed by atoms with Gasteiger partial charge in [0.2, 0.25) is 5.91 Å². The largest absolute Gasteiger partial charge is 0.344 e. The molecule has 0 aromatic heterocycles. The Labute approximate surface area is 211 Å². The fourth-order valence-electron chi connectivity index (χ4n) is 3.74. The van der Waals surface area contributed by atoms with Crippen LogP contribution in [-0.4, -0.2) is 20.9 Å². The quantitative estimate of drug-likeness (QED) is 0.332. The molecule has 0 aliphatic rings. The summed E-state index contributed by atoms with van der Waals surface area (Å²) in [4.78, 5) is 13.5. The number of rotatable bonds is 8. The molecule has 0 aliphatic heterocycles. The van der Waals surface area contributed by atoms with Crippen LogP contribution < -0.4 is 9.62 Å². The Kier molecular flexibility index (Phi) is 7.54. The minimum Gasteiger partial charge on any atom is -0.344 e. The highest BCUT2D eigenvalue weighted by molar-refractivity contribution is 7.92. The molecule has 0 bridgehead atoms. The number of anilines is 1. The number of aryl methyl sites for hydroxylation is 1. The van der Waals surface area contributed by atoms with Crippen molar-refractivity contribution in [3.63, 3.8) is 0 Å².